The summed E-state index contributed by atoms with van der Waals surface area (Å²) in [7, 11) is -3.33. The number of fused-ring (bicyclic) bond motifs is 1. The van der Waals surface area contributed by atoms with Crippen LogP contribution in [0.2, 0.25) is 0 Å². The summed E-state index contributed by atoms with van der Waals surface area (Å²) in [5, 5.41) is 11.0. The third kappa shape index (κ3) is 4.54. The van der Waals surface area contributed by atoms with Crippen LogP contribution < -0.4 is 5.32 Å². The van der Waals surface area contributed by atoms with E-state index < -0.39 is 15.8 Å². The number of hydrogen-bond donors (Lipinski definition) is 3. The van der Waals surface area contributed by atoms with Crippen molar-refractivity contribution in [1.82, 2.24) is 9.97 Å². The molecule has 0 radical (unpaired) electrons. The molecule has 0 bridgehead atoms. The van der Waals surface area contributed by atoms with Crippen molar-refractivity contribution < 1.29 is 13.2 Å². The Morgan fingerprint density at radius 1 is 1.16 bits per heavy atom. The van der Waals surface area contributed by atoms with Crippen molar-refractivity contribution in [2.45, 2.75) is 36.5 Å². The highest BCUT2D eigenvalue weighted by molar-refractivity contribution is 7.90. The predicted octanol–water partition coefficient (Wildman–Crippen LogP) is 4.14. The number of carbonyl (C=O) groups is 1. The molecule has 3 N–H and O–H groups in total. The van der Waals surface area contributed by atoms with Gasteiger partial charge in [0.1, 0.15) is 0 Å². The van der Waals surface area contributed by atoms with E-state index in [1.807, 2.05) is 24.3 Å². The number of rotatable bonds is 7. The van der Waals surface area contributed by atoms with Crippen LogP contribution in [0.5, 0.6) is 0 Å². The van der Waals surface area contributed by atoms with Gasteiger partial charge < -0.3 is 10.4 Å². The monoisotopic (exact) mass is 438 g/mol. The van der Waals surface area contributed by atoms with Gasteiger partial charge in [-0.25, -0.2) is 13.4 Å². The van der Waals surface area contributed by atoms with Crippen LogP contribution in [0.4, 0.5) is 5.95 Å². The molecule has 0 aliphatic heterocycles. The van der Waals surface area contributed by atoms with E-state index in [1.54, 1.807) is 12.1 Å². The van der Waals surface area contributed by atoms with E-state index in [0.29, 0.717) is 11.5 Å². The van der Waals surface area contributed by atoms with E-state index in [1.165, 1.54) is 18.3 Å². The molecule has 0 spiro atoms. The van der Waals surface area contributed by atoms with Gasteiger partial charge in [0, 0.05) is 12.2 Å². The Hall–Kier alpha value is -3.00. The first-order valence-electron chi connectivity index (χ1n) is 10.4. The molecule has 3 aromatic rings. The molecule has 162 valence electrons. The summed E-state index contributed by atoms with van der Waals surface area (Å²) in [6.07, 6.45) is 6.70. The Labute approximate surface area is 181 Å². The SMILES string of the molecule is CS(=O)(=O)c1ccc([C@H](C(=O)Nc2nc3ccccc3[nH]2)C(C=N)C2CCCC2)cc1. The van der Waals surface area contributed by atoms with E-state index in [2.05, 4.69) is 15.3 Å². The molecule has 0 saturated heterocycles. The van der Waals surface area contributed by atoms with E-state index in [9.17, 15) is 13.2 Å². The molecule has 1 aliphatic rings. The second kappa shape index (κ2) is 8.63. The van der Waals surface area contributed by atoms with E-state index >= 15 is 0 Å². The summed E-state index contributed by atoms with van der Waals surface area (Å²) >= 11 is 0. The molecule has 8 heteroatoms. The number of hydrogen-bond acceptors (Lipinski definition) is 5. The van der Waals surface area contributed by atoms with Gasteiger partial charge in [0.25, 0.3) is 0 Å². The highest BCUT2D eigenvalue weighted by Gasteiger charge is 2.36. The van der Waals surface area contributed by atoms with Crippen LogP contribution in [0.3, 0.4) is 0 Å². The molecule has 1 amide bonds. The third-order valence-corrected chi connectivity index (χ3v) is 7.23. The zero-order chi connectivity index (χ0) is 22.0. The minimum atomic E-state index is -3.33. The number of para-hydroxylation sites is 2. The number of aromatic amines is 1. The predicted molar refractivity (Wildman–Crippen MR) is 121 cm³/mol. The van der Waals surface area contributed by atoms with Crippen LogP contribution in [-0.2, 0) is 14.6 Å². The number of sulfone groups is 1. The van der Waals surface area contributed by atoms with Gasteiger partial charge >= 0.3 is 0 Å². The quantitative estimate of drug-likeness (QED) is 0.481. The summed E-state index contributed by atoms with van der Waals surface area (Å²) in [6.45, 7) is 0. The molecule has 1 fully saturated rings. The zero-order valence-corrected chi connectivity index (χ0v) is 18.2. The number of benzene rings is 2. The van der Waals surface area contributed by atoms with E-state index in [0.717, 1.165) is 43.0 Å². The van der Waals surface area contributed by atoms with Gasteiger partial charge in [0.05, 0.1) is 21.8 Å². The fourth-order valence-corrected chi connectivity index (χ4v) is 5.15. The minimum absolute atomic E-state index is 0.208. The van der Waals surface area contributed by atoms with E-state index in [-0.39, 0.29) is 22.6 Å². The first-order valence-corrected chi connectivity index (χ1v) is 12.3. The molecular formula is C23H26N4O3S. The highest BCUT2D eigenvalue weighted by Crippen LogP contribution is 2.39. The van der Waals surface area contributed by atoms with Crippen LogP contribution >= 0.6 is 0 Å². The summed E-state index contributed by atoms with van der Waals surface area (Å²) in [5.74, 6) is -0.525. The van der Waals surface area contributed by atoms with Crippen molar-refractivity contribution in [1.29, 1.82) is 5.41 Å². The van der Waals surface area contributed by atoms with Crippen molar-refractivity contribution >= 4 is 38.9 Å². The molecule has 1 heterocycles. The van der Waals surface area contributed by atoms with Gasteiger partial charge in [0.2, 0.25) is 11.9 Å². The average Bonchev–Trinajstić information content (AvgIpc) is 3.40. The maximum absolute atomic E-state index is 13.4. The van der Waals surface area contributed by atoms with Crippen LogP contribution in [0.25, 0.3) is 11.0 Å². The van der Waals surface area contributed by atoms with Crippen molar-refractivity contribution in [2.75, 3.05) is 11.6 Å². The largest absolute Gasteiger partial charge is 0.324 e. The fraction of sp³-hybridized carbons (Fsp3) is 0.348. The lowest BCUT2D eigenvalue weighted by atomic mass is 9.77. The van der Waals surface area contributed by atoms with Gasteiger partial charge in [-0.15, -0.1) is 0 Å². The lowest BCUT2D eigenvalue weighted by Crippen LogP contribution is -2.32. The molecule has 7 nitrogen and oxygen atoms in total. The van der Waals surface area contributed by atoms with Gasteiger partial charge in [-0.2, -0.15) is 0 Å². The Bertz CT molecular complexity index is 1160. The lowest BCUT2D eigenvalue weighted by Gasteiger charge is -2.28. The van der Waals surface area contributed by atoms with Gasteiger partial charge in [-0.3, -0.25) is 10.1 Å². The first-order chi connectivity index (χ1) is 14.9. The van der Waals surface area contributed by atoms with Crippen LogP contribution in [0.1, 0.15) is 37.2 Å². The standard InChI is InChI=1S/C23H26N4O3S/c1-31(29,30)17-12-10-16(11-13-17)21(18(14-24)15-6-2-3-7-15)22(28)27-23-25-19-8-4-5-9-20(19)26-23/h4-5,8-15,18,21,24H,2-3,6-7H2,1H3,(H2,25,26,27,28)/t18?,21-/m0/s1. The summed E-state index contributed by atoms with van der Waals surface area (Å²) in [5.41, 5.74) is 2.28. The molecule has 1 aliphatic carbocycles. The number of amides is 1. The molecule has 2 atom stereocenters. The van der Waals surface area contributed by atoms with Crippen molar-refractivity contribution in [3.8, 4) is 0 Å². The van der Waals surface area contributed by atoms with Gasteiger partial charge in [-0.05, 0) is 54.8 Å². The van der Waals surface area contributed by atoms with Crippen molar-refractivity contribution in [3.63, 3.8) is 0 Å². The topological polar surface area (TPSA) is 116 Å². The van der Waals surface area contributed by atoms with Crippen molar-refractivity contribution in [3.05, 3.63) is 54.1 Å². The Kier molecular flexibility index (Phi) is 5.91. The lowest BCUT2D eigenvalue weighted by molar-refractivity contribution is -0.118. The molecule has 2 aromatic carbocycles. The van der Waals surface area contributed by atoms with Gasteiger partial charge in [-0.1, -0.05) is 37.1 Å². The molecule has 1 saturated carbocycles. The second-order valence-electron chi connectivity index (χ2n) is 8.20. The number of carbonyl (C=O) groups excluding carboxylic acids is 1. The number of H-pyrrole nitrogens is 1. The number of nitrogens with zero attached hydrogens (tertiary/aromatic N) is 1. The molecule has 1 unspecified atom stereocenters. The Morgan fingerprint density at radius 3 is 2.45 bits per heavy atom. The molecule has 31 heavy (non-hydrogen) atoms. The first kappa shape index (κ1) is 21.2. The highest BCUT2D eigenvalue weighted by atomic mass is 32.2. The summed E-state index contributed by atoms with van der Waals surface area (Å²) in [6, 6.07) is 14.0. The summed E-state index contributed by atoms with van der Waals surface area (Å²) in [4.78, 5) is 21.2. The Morgan fingerprint density at radius 2 is 1.84 bits per heavy atom. The zero-order valence-electron chi connectivity index (χ0n) is 17.3. The van der Waals surface area contributed by atoms with E-state index in [4.69, 9.17) is 5.41 Å². The second-order valence-corrected chi connectivity index (χ2v) is 10.2. The smallest absolute Gasteiger partial charge is 0.234 e. The number of anilines is 1. The molecule has 4 rings (SSSR count). The fourth-order valence-electron chi connectivity index (χ4n) is 4.52. The minimum Gasteiger partial charge on any atom is -0.324 e. The Balaban J connectivity index is 1.68. The normalized spacial score (nSPS) is 16.8. The average molecular weight is 439 g/mol. The van der Waals surface area contributed by atoms with Crippen molar-refractivity contribution in [2.24, 2.45) is 11.8 Å². The number of nitrogens with one attached hydrogen (secondary N) is 3. The van der Waals surface area contributed by atoms with Crippen LogP contribution in [-0.4, -0.2) is 36.8 Å². The van der Waals surface area contributed by atoms with Crippen LogP contribution in [0.15, 0.2) is 53.4 Å². The number of aromatic nitrogens is 2. The maximum Gasteiger partial charge on any atom is 0.234 e. The maximum atomic E-state index is 13.4. The van der Waals surface area contributed by atoms with Crippen LogP contribution in [0, 0.1) is 17.2 Å². The molecular weight excluding hydrogens is 412 g/mol. The molecule has 1 aromatic heterocycles. The summed E-state index contributed by atoms with van der Waals surface area (Å²) < 4.78 is 23.7. The third-order valence-electron chi connectivity index (χ3n) is 6.10. The van der Waals surface area contributed by atoms with Gasteiger partial charge in [0.15, 0.2) is 9.84 Å². The number of imidazole rings is 1.